The molecule has 1 saturated carbocycles. The minimum absolute atomic E-state index is 0. The van der Waals surface area contributed by atoms with E-state index < -0.39 is 0 Å². The zero-order valence-corrected chi connectivity index (χ0v) is 10.5. The van der Waals surface area contributed by atoms with Gasteiger partial charge in [-0.05, 0) is 36.5 Å². The fourth-order valence-corrected chi connectivity index (χ4v) is 2.53. The summed E-state index contributed by atoms with van der Waals surface area (Å²) in [6.45, 7) is 0. The molecule has 1 aliphatic rings. The highest BCUT2D eigenvalue weighted by Crippen LogP contribution is 2.31. The van der Waals surface area contributed by atoms with E-state index in [9.17, 15) is 0 Å². The van der Waals surface area contributed by atoms with Crippen LogP contribution in [0.4, 0.5) is 0 Å². The van der Waals surface area contributed by atoms with Crippen LogP contribution in [0.2, 0.25) is 0 Å². The van der Waals surface area contributed by atoms with Crippen molar-refractivity contribution in [1.82, 2.24) is 4.98 Å². The van der Waals surface area contributed by atoms with Crippen LogP contribution in [0, 0.1) is 5.92 Å². The summed E-state index contributed by atoms with van der Waals surface area (Å²) in [7, 11) is 0. The standard InChI is InChI=1S/C13H20N2.ClH/c14-13(12-7-9-15-10-8-12)11-5-3-1-2-4-6-11;/h7-11,13H,1-6,14H2;1H. The third kappa shape index (κ3) is 3.46. The first-order valence-corrected chi connectivity index (χ1v) is 6.03. The third-order valence-electron chi connectivity index (χ3n) is 3.50. The van der Waals surface area contributed by atoms with E-state index in [1.165, 1.54) is 44.1 Å². The van der Waals surface area contributed by atoms with Gasteiger partial charge in [0.15, 0.2) is 0 Å². The van der Waals surface area contributed by atoms with Gasteiger partial charge in [0, 0.05) is 18.4 Å². The molecule has 16 heavy (non-hydrogen) atoms. The molecule has 0 aromatic carbocycles. The van der Waals surface area contributed by atoms with Crippen molar-refractivity contribution >= 4 is 12.4 Å². The largest absolute Gasteiger partial charge is 0.324 e. The van der Waals surface area contributed by atoms with Gasteiger partial charge < -0.3 is 5.73 Å². The summed E-state index contributed by atoms with van der Waals surface area (Å²) in [5.41, 5.74) is 7.56. The highest BCUT2D eigenvalue weighted by molar-refractivity contribution is 5.85. The van der Waals surface area contributed by atoms with Crippen LogP contribution in [-0.4, -0.2) is 4.98 Å². The number of rotatable bonds is 2. The van der Waals surface area contributed by atoms with Gasteiger partial charge in [-0.3, -0.25) is 4.98 Å². The van der Waals surface area contributed by atoms with E-state index in [1.807, 2.05) is 12.4 Å². The first kappa shape index (κ1) is 13.5. The van der Waals surface area contributed by atoms with Crippen LogP contribution in [0.3, 0.4) is 0 Å². The van der Waals surface area contributed by atoms with E-state index in [-0.39, 0.29) is 18.4 Å². The van der Waals surface area contributed by atoms with Crippen LogP contribution in [0.25, 0.3) is 0 Å². The van der Waals surface area contributed by atoms with E-state index in [0.29, 0.717) is 5.92 Å². The molecular formula is C13H21ClN2. The van der Waals surface area contributed by atoms with Gasteiger partial charge in [0.2, 0.25) is 0 Å². The van der Waals surface area contributed by atoms with Crippen molar-refractivity contribution in [2.75, 3.05) is 0 Å². The lowest BCUT2D eigenvalue weighted by molar-refractivity contribution is 0.382. The fraction of sp³-hybridized carbons (Fsp3) is 0.615. The normalized spacial score (nSPS) is 19.6. The van der Waals surface area contributed by atoms with Gasteiger partial charge in [-0.2, -0.15) is 0 Å². The number of pyridine rings is 1. The van der Waals surface area contributed by atoms with Gasteiger partial charge >= 0.3 is 0 Å². The smallest absolute Gasteiger partial charge is 0.0324 e. The first-order valence-electron chi connectivity index (χ1n) is 6.03. The summed E-state index contributed by atoms with van der Waals surface area (Å²) >= 11 is 0. The molecule has 2 N–H and O–H groups in total. The average Bonchev–Trinajstić information content (AvgIpc) is 2.58. The van der Waals surface area contributed by atoms with Crippen LogP contribution in [0.5, 0.6) is 0 Å². The Bertz CT molecular complexity index is 281. The fourth-order valence-electron chi connectivity index (χ4n) is 2.53. The SMILES string of the molecule is Cl.NC(c1ccncc1)C1CCCCCC1. The lowest BCUT2D eigenvalue weighted by atomic mass is 9.88. The second-order valence-electron chi connectivity index (χ2n) is 4.56. The summed E-state index contributed by atoms with van der Waals surface area (Å²) in [4.78, 5) is 4.04. The number of hydrogen-bond acceptors (Lipinski definition) is 2. The third-order valence-corrected chi connectivity index (χ3v) is 3.50. The molecule has 0 radical (unpaired) electrons. The van der Waals surface area contributed by atoms with Gasteiger partial charge in [0.25, 0.3) is 0 Å². The van der Waals surface area contributed by atoms with Crippen molar-refractivity contribution < 1.29 is 0 Å². The Kier molecular flexibility index (Phi) is 5.78. The quantitative estimate of drug-likeness (QED) is 0.804. The van der Waals surface area contributed by atoms with Gasteiger partial charge in [0.1, 0.15) is 0 Å². The average molecular weight is 241 g/mol. The van der Waals surface area contributed by atoms with E-state index >= 15 is 0 Å². The van der Waals surface area contributed by atoms with Crippen LogP contribution in [-0.2, 0) is 0 Å². The second-order valence-corrected chi connectivity index (χ2v) is 4.56. The van der Waals surface area contributed by atoms with Gasteiger partial charge in [-0.25, -0.2) is 0 Å². The Morgan fingerprint density at radius 3 is 2.19 bits per heavy atom. The van der Waals surface area contributed by atoms with Crippen LogP contribution in [0.1, 0.15) is 50.1 Å². The molecule has 1 aliphatic carbocycles. The highest BCUT2D eigenvalue weighted by atomic mass is 35.5. The molecule has 1 fully saturated rings. The Morgan fingerprint density at radius 1 is 1.06 bits per heavy atom. The van der Waals surface area contributed by atoms with Gasteiger partial charge in [-0.15, -0.1) is 12.4 Å². The molecule has 0 bridgehead atoms. The zero-order chi connectivity index (χ0) is 10.5. The predicted molar refractivity (Wildman–Crippen MR) is 69.6 cm³/mol. The molecule has 1 heterocycles. The lowest BCUT2D eigenvalue weighted by Crippen LogP contribution is -2.21. The molecule has 1 aromatic rings. The van der Waals surface area contributed by atoms with Crippen LogP contribution >= 0.6 is 12.4 Å². The summed E-state index contributed by atoms with van der Waals surface area (Å²) < 4.78 is 0. The zero-order valence-electron chi connectivity index (χ0n) is 9.64. The Balaban J connectivity index is 0.00000128. The van der Waals surface area contributed by atoms with Crippen molar-refractivity contribution in [3.63, 3.8) is 0 Å². The molecule has 0 aliphatic heterocycles. The van der Waals surface area contributed by atoms with Gasteiger partial charge in [-0.1, -0.05) is 25.7 Å². The summed E-state index contributed by atoms with van der Waals surface area (Å²) in [5.74, 6) is 0.676. The van der Waals surface area contributed by atoms with Crippen molar-refractivity contribution in [3.8, 4) is 0 Å². The van der Waals surface area contributed by atoms with E-state index in [1.54, 1.807) is 0 Å². The molecule has 1 unspecified atom stereocenters. The van der Waals surface area contributed by atoms with E-state index in [4.69, 9.17) is 5.73 Å². The lowest BCUT2D eigenvalue weighted by Gasteiger charge is -2.22. The molecule has 0 spiro atoms. The molecule has 0 saturated heterocycles. The maximum Gasteiger partial charge on any atom is 0.0324 e. The van der Waals surface area contributed by atoms with Crippen molar-refractivity contribution in [2.45, 2.75) is 44.6 Å². The Morgan fingerprint density at radius 2 is 1.62 bits per heavy atom. The van der Waals surface area contributed by atoms with Crippen LogP contribution < -0.4 is 5.73 Å². The number of halogens is 1. The Hall–Kier alpha value is -0.600. The minimum atomic E-state index is 0. The number of aromatic nitrogens is 1. The van der Waals surface area contributed by atoms with Crippen LogP contribution in [0.15, 0.2) is 24.5 Å². The molecule has 0 amide bonds. The molecule has 1 aromatic heterocycles. The van der Waals surface area contributed by atoms with Gasteiger partial charge in [0.05, 0.1) is 0 Å². The molecular weight excluding hydrogens is 220 g/mol. The molecule has 3 heteroatoms. The molecule has 2 nitrogen and oxygen atoms in total. The van der Waals surface area contributed by atoms with E-state index in [2.05, 4.69) is 17.1 Å². The molecule has 90 valence electrons. The maximum absolute atomic E-state index is 6.31. The summed E-state index contributed by atoms with van der Waals surface area (Å²) in [5, 5.41) is 0. The number of hydrogen-bond donors (Lipinski definition) is 1. The Labute approximate surface area is 104 Å². The summed E-state index contributed by atoms with van der Waals surface area (Å²) in [6, 6.07) is 4.32. The molecule has 2 rings (SSSR count). The first-order chi connectivity index (χ1) is 7.38. The number of nitrogens with two attached hydrogens (primary N) is 1. The van der Waals surface area contributed by atoms with Crippen molar-refractivity contribution in [1.29, 1.82) is 0 Å². The minimum Gasteiger partial charge on any atom is -0.324 e. The number of nitrogens with zero attached hydrogens (tertiary/aromatic N) is 1. The van der Waals surface area contributed by atoms with Crippen molar-refractivity contribution in [2.24, 2.45) is 11.7 Å². The predicted octanol–water partition coefficient (Wildman–Crippen LogP) is 3.47. The second kappa shape index (κ2) is 6.87. The monoisotopic (exact) mass is 240 g/mol. The highest BCUT2D eigenvalue weighted by Gasteiger charge is 2.20. The topological polar surface area (TPSA) is 38.9 Å². The maximum atomic E-state index is 6.31. The summed E-state index contributed by atoms with van der Waals surface area (Å²) in [6.07, 6.45) is 11.7. The molecule has 1 atom stereocenters. The van der Waals surface area contributed by atoms with E-state index in [0.717, 1.165) is 0 Å². The van der Waals surface area contributed by atoms with Crippen molar-refractivity contribution in [3.05, 3.63) is 30.1 Å².